The van der Waals surface area contributed by atoms with E-state index in [1.54, 1.807) is 39.3 Å². The molecule has 0 bridgehead atoms. The largest absolute Gasteiger partial charge is 0.495 e. The van der Waals surface area contributed by atoms with Gasteiger partial charge in [0.2, 0.25) is 0 Å². The number of aromatic nitrogens is 3. The molecule has 0 aliphatic carbocycles. The topological polar surface area (TPSA) is 109 Å². The maximum atomic E-state index is 12.5. The van der Waals surface area contributed by atoms with Crippen molar-refractivity contribution < 1.29 is 13.2 Å². The molecule has 0 saturated heterocycles. The zero-order valence-corrected chi connectivity index (χ0v) is 15.4. The highest BCUT2D eigenvalue weighted by atomic mass is 32.2. The normalized spacial score (nSPS) is 11.2. The predicted molar refractivity (Wildman–Crippen MR) is 99.4 cm³/mol. The first kappa shape index (κ1) is 17.7. The van der Waals surface area contributed by atoms with E-state index in [2.05, 4.69) is 25.2 Å². The van der Waals surface area contributed by atoms with E-state index < -0.39 is 10.0 Å². The molecule has 26 heavy (non-hydrogen) atoms. The van der Waals surface area contributed by atoms with Gasteiger partial charge >= 0.3 is 0 Å². The molecule has 3 rings (SSSR count). The summed E-state index contributed by atoms with van der Waals surface area (Å²) in [6, 6.07) is 10.8. The highest BCUT2D eigenvalue weighted by Gasteiger charge is 2.22. The zero-order valence-electron chi connectivity index (χ0n) is 14.6. The first-order valence-electron chi connectivity index (χ1n) is 7.81. The van der Waals surface area contributed by atoms with Crippen molar-refractivity contribution in [2.75, 3.05) is 17.1 Å². The number of hydrogen-bond donors (Lipinski definition) is 3. The van der Waals surface area contributed by atoms with Crippen LogP contribution in [0.2, 0.25) is 0 Å². The Morgan fingerprint density at radius 2 is 1.88 bits per heavy atom. The second kappa shape index (κ2) is 7.04. The van der Waals surface area contributed by atoms with Gasteiger partial charge < -0.3 is 10.1 Å². The average molecular weight is 373 g/mol. The molecule has 9 heteroatoms. The standard InChI is InChI=1S/C17H19N5O3S/c1-11-17(12(2)21-20-11)26(23,24)22-16-9-8-13(10-18-16)19-14-6-4-5-7-15(14)25-3/h4-10,19H,1-3H3,(H,18,22)(H,20,21). The lowest BCUT2D eigenvalue weighted by Gasteiger charge is -2.11. The summed E-state index contributed by atoms with van der Waals surface area (Å²) in [4.78, 5) is 4.30. The molecular weight excluding hydrogens is 354 g/mol. The Morgan fingerprint density at radius 3 is 2.50 bits per heavy atom. The second-order valence-electron chi connectivity index (χ2n) is 5.63. The van der Waals surface area contributed by atoms with E-state index in [0.29, 0.717) is 22.8 Å². The number of para-hydroxylation sites is 2. The third-order valence-corrected chi connectivity index (χ3v) is 5.33. The zero-order chi connectivity index (χ0) is 18.7. The molecule has 0 saturated carbocycles. The summed E-state index contributed by atoms with van der Waals surface area (Å²) in [5, 5.41) is 9.76. The molecule has 136 valence electrons. The minimum atomic E-state index is -3.76. The molecule has 0 spiro atoms. The van der Waals surface area contributed by atoms with Crippen LogP contribution in [0.25, 0.3) is 0 Å². The lowest BCUT2D eigenvalue weighted by atomic mass is 10.3. The van der Waals surface area contributed by atoms with E-state index in [4.69, 9.17) is 4.74 Å². The van der Waals surface area contributed by atoms with Crippen molar-refractivity contribution in [3.05, 3.63) is 54.0 Å². The van der Waals surface area contributed by atoms with Crippen LogP contribution in [0.4, 0.5) is 17.2 Å². The van der Waals surface area contributed by atoms with Gasteiger partial charge in [-0.25, -0.2) is 13.4 Å². The van der Waals surface area contributed by atoms with Gasteiger partial charge in [0.25, 0.3) is 10.0 Å². The summed E-state index contributed by atoms with van der Waals surface area (Å²) in [6.07, 6.45) is 1.54. The molecule has 8 nitrogen and oxygen atoms in total. The summed E-state index contributed by atoms with van der Waals surface area (Å²) >= 11 is 0. The Labute approximate surface area is 151 Å². The monoisotopic (exact) mass is 373 g/mol. The number of aromatic amines is 1. The molecule has 3 aromatic rings. The van der Waals surface area contributed by atoms with Crippen molar-refractivity contribution in [3.63, 3.8) is 0 Å². The molecule has 0 aliphatic heterocycles. The van der Waals surface area contributed by atoms with Gasteiger partial charge in [-0.2, -0.15) is 5.10 Å². The van der Waals surface area contributed by atoms with Crippen LogP contribution in [-0.4, -0.2) is 30.7 Å². The molecule has 0 unspecified atom stereocenters. The van der Waals surface area contributed by atoms with E-state index in [1.807, 2.05) is 24.3 Å². The summed E-state index contributed by atoms with van der Waals surface area (Å²) in [7, 11) is -2.17. The number of rotatable bonds is 6. The maximum Gasteiger partial charge on any atom is 0.266 e. The lowest BCUT2D eigenvalue weighted by molar-refractivity contribution is 0.417. The van der Waals surface area contributed by atoms with E-state index in [0.717, 1.165) is 5.69 Å². The number of benzene rings is 1. The van der Waals surface area contributed by atoms with Crippen molar-refractivity contribution in [1.82, 2.24) is 15.2 Å². The first-order chi connectivity index (χ1) is 12.4. The summed E-state index contributed by atoms with van der Waals surface area (Å²) in [6.45, 7) is 3.29. The Bertz CT molecular complexity index is 994. The van der Waals surface area contributed by atoms with Crippen molar-refractivity contribution >= 4 is 27.2 Å². The van der Waals surface area contributed by atoms with Crippen molar-refractivity contribution in [2.24, 2.45) is 0 Å². The predicted octanol–water partition coefficient (Wildman–Crippen LogP) is 2.97. The fourth-order valence-corrected chi connectivity index (χ4v) is 3.94. The number of sulfonamides is 1. The molecule has 0 fully saturated rings. The maximum absolute atomic E-state index is 12.5. The molecule has 0 atom stereocenters. The van der Waals surface area contributed by atoms with Crippen molar-refractivity contribution in [1.29, 1.82) is 0 Å². The van der Waals surface area contributed by atoms with Gasteiger partial charge in [0.15, 0.2) is 0 Å². The summed E-state index contributed by atoms with van der Waals surface area (Å²) in [5.41, 5.74) is 2.37. The van der Waals surface area contributed by atoms with Crippen molar-refractivity contribution in [3.8, 4) is 5.75 Å². The van der Waals surface area contributed by atoms with Gasteiger partial charge in [-0.3, -0.25) is 9.82 Å². The van der Waals surface area contributed by atoms with Crippen LogP contribution in [0.5, 0.6) is 5.75 Å². The SMILES string of the molecule is COc1ccccc1Nc1ccc(NS(=O)(=O)c2c(C)n[nH]c2C)nc1. The number of H-pyrrole nitrogens is 1. The quantitative estimate of drug-likeness (QED) is 0.613. The summed E-state index contributed by atoms with van der Waals surface area (Å²) in [5.74, 6) is 0.916. The number of pyridine rings is 1. The van der Waals surface area contributed by atoms with Gasteiger partial charge in [-0.05, 0) is 38.1 Å². The minimum Gasteiger partial charge on any atom is -0.495 e. The van der Waals surface area contributed by atoms with Crippen LogP contribution in [0.3, 0.4) is 0 Å². The molecule has 2 heterocycles. The van der Waals surface area contributed by atoms with Crippen molar-refractivity contribution in [2.45, 2.75) is 18.7 Å². The highest BCUT2D eigenvalue weighted by molar-refractivity contribution is 7.92. The third-order valence-electron chi connectivity index (χ3n) is 3.72. The van der Waals surface area contributed by atoms with Crippen LogP contribution in [0.1, 0.15) is 11.4 Å². The summed E-state index contributed by atoms with van der Waals surface area (Å²) < 4.78 is 32.8. The number of nitrogens with zero attached hydrogens (tertiary/aromatic N) is 2. The van der Waals surface area contributed by atoms with E-state index in [9.17, 15) is 8.42 Å². The Balaban J connectivity index is 1.78. The number of anilines is 3. The number of aryl methyl sites for hydroxylation is 2. The molecule has 2 aromatic heterocycles. The number of methoxy groups -OCH3 is 1. The molecular formula is C17H19N5O3S. The first-order valence-corrected chi connectivity index (χ1v) is 9.29. The van der Waals surface area contributed by atoms with E-state index >= 15 is 0 Å². The Morgan fingerprint density at radius 1 is 1.12 bits per heavy atom. The average Bonchev–Trinajstić information content (AvgIpc) is 2.96. The number of ether oxygens (including phenoxy) is 1. The fourth-order valence-electron chi connectivity index (χ4n) is 2.56. The molecule has 0 radical (unpaired) electrons. The van der Waals surface area contributed by atoms with Crippen LogP contribution in [-0.2, 0) is 10.0 Å². The second-order valence-corrected chi connectivity index (χ2v) is 7.25. The minimum absolute atomic E-state index is 0.135. The fraction of sp³-hybridized carbons (Fsp3) is 0.176. The lowest BCUT2D eigenvalue weighted by Crippen LogP contribution is -2.15. The van der Waals surface area contributed by atoms with E-state index in [1.165, 1.54) is 0 Å². The van der Waals surface area contributed by atoms with Crippen LogP contribution >= 0.6 is 0 Å². The van der Waals surface area contributed by atoms with Crippen LogP contribution in [0.15, 0.2) is 47.5 Å². The smallest absolute Gasteiger partial charge is 0.266 e. The third kappa shape index (κ3) is 3.62. The van der Waals surface area contributed by atoms with Crippen LogP contribution < -0.4 is 14.8 Å². The number of nitrogens with one attached hydrogen (secondary N) is 3. The molecule has 0 amide bonds. The molecule has 1 aromatic carbocycles. The van der Waals surface area contributed by atoms with Gasteiger partial charge in [0.1, 0.15) is 16.5 Å². The van der Waals surface area contributed by atoms with Crippen LogP contribution in [0, 0.1) is 13.8 Å². The van der Waals surface area contributed by atoms with Gasteiger partial charge in [0, 0.05) is 0 Å². The number of hydrogen-bond acceptors (Lipinski definition) is 6. The van der Waals surface area contributed by atoms with Gasteiger partial charge in [-0.15, -0.1) is 0 Å². The van der Waals surface area contributed by atoms with E-state index in [-0.39, 0.29) is 10.7 Å². The molecule has 0 aliphatic rings. The highest BCUT2D eigenvalue weighted by Crippen LogP contribution is 2.27. The molecule has 3 N–H and O–H groups in total. The Kier molecular flexibility index (Phi) is 4.81. The van der Waals surface area contributed by atoms with Gasteiger partial charge in [0.05, 0.1) is 36.1 Å². The Hall–Kier alpha value is -3.07. The van der Waals surface area contributed by atoms with Gasteiger partial charge in [-0.1, -0.05) is 12.1 Å².